The van der Waals surface area contributed by atoms with Gasteiger partial charge in [-0.1, -0.05) is 43.2 Å². The number of hydrogen-bond donors (Lipinski definition) is 2. The lowest BCUT2D eigenvalue weighted by Crippen LogP contribution is -2.47. The number of H-pyrrole nitrogens is 1. The zero-order valence-electron chi connectivity index (χ0n) is 34.6. The molecule has 0 radical (unpaired) electrons. The lowest BCUT2D eigenvalue weighted by Gasteiger charge is -2.39. The highest BCUT2D eigenvalue weighted by Crippen LogP contribution is 2.44. The summed E-state index contributed by atoms with van der Waals surface area (Å²) >= 11 is 6.25. The van der Waals surface area contributed by atoms with Crippen LogP contribution in [0.25, 0.3) is 16.6 Å². The van der Waals surface area contributed by atoms with Gasteiger partial charge in [0.2, 0.25) is 0 Å². The summed E-state index contributed by atoms with van der Waals surface area (Å²) < 4.78 is 18.9. The first kappa shape index (κ1) is 41.7. The summed E-state index contributed by atoms with van der Waals surface area (Å²) in [6.07, 6.45) is 8.10. The zero-order chi connectivity index (χ0) is 42.0. The molecule has 0 bridgehead atoms. The van der Waals surface area contributed by atoms with E-state index in [4.69, 9.17) is 16.3 Å². The fourth-order valence-electron chi connectivity index (χ4n) is 8.61. The molecular weight excluding hydrogens is 797 g/mol. The third-order valence-electron chi connectivity index (χ3n) is 12.3. The number of nitro groups is 1. The van der Waals surface area contributed by atoms with Crippen LogP contribution in [0.3, 0.4) is 0 Å². The van der Waals surface area contributed by atoms with Crippen LogP contribution in [-0.4, -0.2) is 108 Å². The van der Waals surface area contributed by atoms with Gasteiger partial charge in [-0.25, -0.2) is 4.98 Å². The van der Waals surface area contributed by atoms with Crippen LogP contribution < -0.4 is 15.0 Å². The average molecular weight is 850 g/mol. The number of carbonyl (C=O) groups is 1. The molecule has 0 amide bonds. The number of rotatable bonds is 13. The Kier molecular flexibility index (Phi) is 12.2. The Morgan fingerprint density at radius 1 is 0.983 bits per heavy atom. The van der Waals surface area contributed by atoms with Crippen molar-refractivity contribution < 1.29 is 19.0 Å². The van der Waals surface area contributed by atoms with Crippen LogP contribution in [0.15, 0.2) is 90.8 Å². The van der Waals surface area contributed by atoms with Crippen LogP contribution in [0.5, 0.6) is 11.5 Å². The third kappa shape index (κ3) is 9.79. The van der Waals surface area contributed by atoms with E-state index in [1.807, 2.05) is 49.3 Å². The third-order valence-corrected chi connectivity index (χ3v) is 14.9. The van der Waals surface area contributed by atoms with Gasteiger partial charge in [0.25, 0.3) is 5.69 Å². The fraction of sp³-hybridized carbons (Fsp3) is 0.391. The summed E-state index contributed by atoms with van der Waals surface area (Å²) in [5.74, 6) is 0.436. The molecule has 3 aliphatic rings. The molecule has 2 fully saturated rings. The Morgan fingerprint density at radius 2 is 1.75 bits per heavy atom. The number of carbonyl (C=O) groups excluding carboxylic acids is 1. The Labute approximate surface area is 356 Å². The maximum atomic E-state index is 14.3. The van der Waals surface area contributed by atoms with Crippen LogP contribution >= 0.6 is 18.7 Å². The van der Waals surface area contributed by atoms with Crippen molar-refractivity contribution in [1.29, 1.82) is 0 Å². The minimum atomic E-state index is -2.04. The minimum absolute atomic E-state index is 0.176. The number of piperazine rings is 1. The number of ketones is 1. The predicted molar refractivity (Wildman–Crippen MR) is 242 cm³/mol. The molecular formula is C46H53ClN7O5P. The van der Waals surface area contributed by atoms with Crippen LogP contribution in [-0.2, 0) is 4.57 Å². The Morgan fingerprint density at radius 3 is 2.50 bits per heavy atom. The van der Waals surface area contributed by atoms with Crippen LogP contribution in [0, 0.1) is 15.5 Å². The molecule has 2 N–H and O–H groups in total. The molecule has 4 heterocycles. The molecule has 1 aliphatic carbocycles. The first-order chi connectivity index (χ1) is 28.8. The molecule has 8 rings (SSSR count). The number of fused-ring (bicyclic) bond motifs is 1. The van der Waals surface area contributed by atoms with E-state index in [0.717, 1.165) is 80.4 Å². The molecule has 2 saturated heterocycles. The molecule has 5 aromatic rings. The second-order valence-corrected chi connectivity index (χ2v) is 21.3. The number of benzene rings is 3. The molecule has 0 unspecified atom stereocenters. The number of nitro benzene ring substituents is 1. The van der Waals surface area contributed by atoms with Crippen molar-refractivity contribution in [3.05, 3.63) is 123 Å². The van der Waals surface area contributed by atoms with Crippen LogP contribution in [0.2, 0.25) is 5.02 Å². The van der Waals surface area contributed by atoms with Crippen molar-refractivity contribution in [3.8, 4) is 11.5 Å². The van der Waals surface area contributed by atoms with Crippen molar-refractivity contribution in [2.75, 3.05) is 88.1 Å². The topological polar surface area (TPSA) is 137 Å². The Balaban J connectivity index is 1.00. The number of hydrogen-bond acceptors (Lipinski definition) is 10. The number of halogens is 1. The summed E-state index contributed by atoms with van der Waals surface area (Å²) in [5.41, 5.74) is 6.76. The van der Waals surface area contributed by atoms with E-state index in [1.54, 1.807) is 24.4 Å². The van der Waals surface area contributed by atoms with Crippen molar-refractivity contribution in [3.63, 3.8) is 0 Å². The van der Waals surface area contributed by atoms with Gasteiger partial charge >= 0.3 is 0 Å². The number of allylic oxidation sites excluding steroid dienone is 1. The summed E-state index contributed by atoms with van der Waals surface area (Å²) in [6, 6.07) is 22.2. The normalized spacial score (nSPS) is 18.4. The van der Waals surface area contributed by atoms with Gasteiger partial charge in [-0.3, -0.25) is 19.8 Å². The summed E-state index contributed by atoms with van der Waals surface area (Å²) in [4.78, 5) is 40.8. The number of nitrogens with zero attached hydrogens (tertiary/aromatic N) is 5. The van der Waals surface area contributed by atoms with E-state index in [2.05, 4.69) is 56.0 Å². The lowest BCUT2D eigenvalue weighted by molar-refractivity contribution is -0.384. The number of pyridine rings is 1. The molecule has 14 heteroatoms. The van der Waals surface area contributed by atoms with E-state index in [1.165, 1.54) is 29.2 Å². The van der Waals surface area contributed by atoms with Gasteiger partial charge in [0.15, 0.2) is 5.78 Å². The number of nitrogens with one attached hydrogen (secondary N) is 2. The summed E-state index contributed by atoms with van der Waals surface area (Å²) in [5, 5.41) is 17.1. The Bertz CT molecular complexity index is 2460. The SMILES string of the molecule is CC1(C)CCC(CN2CCN(c3ccc(C(=O)c4ccc(NCCN5CCP(C)(=O)CC5)c([N+](=O)[O-])c4)c(Oc4cnc5[nH]ccc5c4)c3)CC2)=C(c2ccc(Cl)cc2)C1. The van der Waals surface area contributed by atoms with E-state index >= 15 is 0 Å². The van der Waals surface area contributed by atoms with Crippen LogP contribution in [0.4, 0.5) is 17.1 Å². The maximum absolute atomic E-state index is 14.3. The maximum Gasteiger partial charge on any atom is 0.293 e. The van der Waals surface area contributed by atoms with Gasteiger partial charge in [-0.15, -0.1) is 0 Å². The zero-order valence-corrected chi connectivity index (χ0v) is 36.2. The molecule has 12 nitrogen and oxygen atoms in total. The average Bonchev–Trinajstić information content (AvgIpc) is 3.71. The van der Waals surface area contributed by atoms with Gasteiger partial charge in [0.1, 0.15) is 22.8 Å². The second kappa shape index (κ2) is 17.5. The lowest BCUT2D eigenvalue weighted by atomic mass is 9.72. The monoisotopic (exact) mass is 849 g/mol. The van der Waals surface area contributed by atoms with E-state index in [-0.39, 0.29) is 22.4 Å². The first-order valence-corrected chi connectivity index (χ1v) is 23.7. The number of aromatic nitrogens is 2. The number of aromatic amines is 1. The van der Waals surface area contributed by atoms with Crippen molar-refractivity contribution >= 4 is 58.2 Å². The minimum Gasteiger partial charge on any atom is -0.455 e. The number of ether oxygens (including phenoxy) is 1. The molecule has 3 aromatic carbocycles. The largest absolute Gasteiger partial charge is 0.455 e. The molecule has 2 aromatic heterocycles. The van der Waals surface area contributed by atoms with E-state index in [0.29, 0.717) is 48.2 Å². The molecule has 2 aliphatic heterocycles. The highest BCUT2D eigenvalue weighted by Gasteiger charge is 2.30. The van der Waals surface area contributed by atoms with Gasteiger partial charge in [-0.2, -0.15) is 0 Å². The summed E-state index contributed by atoms with van der Waals surface area (Å²) in [6.45, 7) is 13.5. The van der Waals surface area contributed by atoms with Gasteiger partial charge < -0.3 is 29.4 Å². The summed E-state index contributed by atoms with van der Waals surface area (Å²) in [7, 11) is -2.04. The molecule has 60 heavy (non-hydrogen) atoms. The standard InChI is InChI=1S/C46H53ClN7O5P/c1-46(2)14-12-35(40(29-46)32-4-7-36(47)8-5-32)31-52-18-20-53(21-19-52)37-9-10-39(43(28-37)59-38-26-34-13-15-49-45(34)50-30-38)44(55)33-6-11-41(42(27-33)54(56)57)48-16-17-51-22-24-60(3,58)25-23-51/h4-11,13,15,26-28,30,48H,12,14,16-25,29,31H2,1-3H3,(H,49,50). The predicted octanol–water partition coefficient (Wildman–Crippen LogP) is 9.65. The quantitative estimate of drug-likeness (QED) is 0.0510. The highest BCUT2D eigenvalue weighted by atomic mass is 35.5. The van der Waals surface area contributed by atoms with Gasteiger partial charge in [-0.05, 0) is 91.0 Å². The van der Waals surface area contributed by atoms with Crippen LogP contribution in [0.1, 0.15) is 54.6 Å². The fourth-order valence-corrected chi connectivity index (χ4v) is 10.4. The number of anilines is 2. The highest BCUT2D eigenvalue weighted by molar-refractivity contribution is 7.63. The van der Waals surface area contributed by atoms with E-state index < -0.39 is 12.1 Å². The molecule has 314 valence electrons. The molecule has 0 atom stereocenters. The van der Waals surface area contributed by atoms with Gasteiger partial charge in [0, 0.05) is 111 Å². The first-order valence-electron chi connectivity index (χ1n) is 20.8. The van der Waals surface area contributed by atoms with Crippen molar-refractivity contribution in [2.45, 2.75) is 33.1 Å². The smallest absolute Gasteiger partial charge is 0.293 e. The van der Waals surface area contributed by atoms with Gasteiger partial charge in [0.05, 0.1) is 23.8 Å². The van der Waals surface area contributed by atoms with Crippen molar-refractivity contribution in [1.82, 2.24) is 19.8 Å². The second-order valence-electron chi connectivity index (χ2n) is 17.4. The van der Waals surface area contributed by atoms with E-state index in [9.17, 15) is 19.5 Å². The Hall–Kier alpha value is -5.00. The molecule has 0 saturated carbocycles. The van der Waals surface area contributed by atoms with Crippen molar-refractivity contribution in [2.24, 2.45) is 5.41 Å². The molecule has 0 spiro atoms.